The molecule has 2 amide bonds. The van der Waals surface area contributed by atoms with E-state index in [2.05, 4.69) is 5.32 Å². The van der Waals surface area contributed by atoms with E-state index in [-0.39, 0.29) is 10.8 Å². The minimum absolute atomic E-state index is 0.136. The molecule has 1 fully saturated rings. The van der Waals surface area contributed by atoms with Crippen LogP contribution in [0.5, 0.6) is 0 Å². The summed E-state index contributed by atoms with van der Waals surface area (Å²) in [5.74, 6) is 0.529. The molecular formula is C19H22N2O2S. The molecule has 0 bridgehead atoms. The van der Waals surface area contributed by atoms with Gasteiger partial charge in [-0.15, -0.1) is 0 Å². The Morgan fingerprint density at radius 3 is 2.46 bits per heavy atom. The van der Waals surface area contributed by atoms with Crippen molar-refractivity contribution in [2.45, 2.75) is 18.6 Å². The highest BCUT2D eigenvalue weighted by atomic mass is 32.2. The number of hydrogen-bond acceptors (Lipinski definition) is 2. The maximum atomic E-state index is 12.7. The molecule has 126 valence electrons. The summed E-state index contributed by atoms with van der Waals surface area (Å²) in [6.07, 6.45) is 0. The molecule has 1 aliphatic rings. The molecule has 4 nitrogen and oxygen atoms in total. The fraction of sp³-hybridized carbons (Fsp3) is 0.316. The number of nitrogens with one attached hydrogen (secondary N) is 1. The SMILES string of the molecule is CC1(C)CN(C(=O)Nc2ccccc2-c2ccccc2)CC[S@]1=O. The van der Waals surface area contributed by atoms with Crippen molar-refractivity contribution in [3.8, 4) is 11.1 Å². The largest absolute Gasteiger partial charge is 0.322 e. The average Bonchev–Trinajstić information content (AvgIpc) is 2.58. The van der Waals surface area contributed by atoms with Crippen molar-refractivity contribution in [3.63, 3.8) is 0 Å². The summed E-state index contributed by atoms with van der Waals surface area (Å²) in [5.41, 5.74) is 2.85. The Morgan fingerprint density at radius 1 is 1.08 bits per heavy atom. The first kappa shape index (κ1) is 16.7. The Labute approximate surface area is 145 Å². The molecule has 1 aliphatic heterocycles. The molecule has 1 N–H and O–H groups in total. The summed E-state index contributed by atoms with van der Waals surface area (Å²) in [5, 5.41) is 3.02. The third kappa shape index (κ3) is 3.51. The lowest BCUT2D eigenvalue weighted by atomic mass is 10.0. The van der Waals surface area contributed by atoms with Gasteiger partial charge in [0.25, 0.3) is 0 Å². The van der Waals surface area contributed by atoms with E-state index in [1.807, 2.05) is 68.4 Å². The number of benzene rings is 2. The van der Waals surface area contributed by atoms with Crippen LogP contribution in [-0.2, 0) is 10.8 Å². The number of anilines is 1. The highest BCUT2D eigenvalue weighted by Gasteiger charge is 2.35. The summed E-state index contributed by atoms with van der Waals surface area (Å²) in [6.45, 7) is 4.91. The van der Waals surface area contributed by atoms with Gasteiger partial charge in [0.15, 0.2) is 0 Å². The number of rotatable bonds is 2. The summed E-state index contributed by atoms with van der Waals surface area (Å²) in [4.78, 5) is 14.4. The predicted molar refractivity (Wildman–Crippen MR) is 99.6 cm³/mol. The maximum absolute atomic E-state index is 12.7. The van der Waals surface area contributed by atoms with Crippen LogP contribution in [-0.4, -0.2) is 38.7 Å². The smallest absolute Gasteiger partial charge is 0.321 e. The first-order valence-electron chi connectivity index (χ1n) is 8.06. The molecule has 2 aromatic carbocycles. The van der Waals surface area contributed by atoms with Gasteiger partial charge in [0, 0.05) is 35.2 Å². The van der Waals surface area contributed by atoms with Gasteiger partial charge in [-0.3, -0.25) is 4.21 Å². The van der Waals surface area contributed by atoms with E-state index in [1.165, 1.54) is 0 Å². The molecular weight excluding hydrogens is 320 g/mol. The lowest BCUT2D eigenvalue weighted by molar-refractivity contribution is 0.207. The Balaban J connectivity index is 1.80. The highest BCUT2D eigenvalue weighted by Crippen LogP contribution is 2.28. The predicted octanol–water partition coefficient (Wildman–Crippen LogP) is 3.73. The molecule has 0 unspecified atom stereocenters. The lowest BCUT2D eigenvalue weighted by Crippen LogP contribution is -2.53. The monoisotopic (exact) mass is 342 g/mol. The van der Waals surface area contributed by atoms with Crippen molar-refractivity contribution in [2.75, 3.05) is 24.2 Å². The van der Waals surface area contributed by atoms with Crippen molar-refractivity contribution >= 4 is 22.5 Å². The number of amides is 2. The molecule has 0 saturated carbocycles. The number of nitrogens with zero attached hydrogens (tertiary/aromatic N) is 1. The van der Waals surface area contributed by atoms with Gasteiger partial charge < -0.3 is 10.2 Å². The number of carbonyl (C=O) groups excluding carboxylic acids is 1. The minimum Gasteiger partial charge on any atom is -0.322 e. The maximum Gasteiger partial charge on any atom is 0.321 e. The molecule has 0 aromatic heterocycles. The summed E-state index contributed by atoms with van der Waals surface area (Å²) >= 11 is 0. The van der Waals surface area contributed by atoms with Gasteiger partial charge in [-0.05, 0) is 25.5 Å². The van der Waals surface area contributed by atoms with E-state index >= 15 is 0 Å². The Morgan fingerprint density at radius 2 is 1.75 bits per heavy atom. The summed E-state index contributed by atoms with van der Waals surface area (Å²) in [6, 6.07) is 17.6. The van der Waals surface area contributed by atoms with Gasteiger partial charge in [0.2, 0.25) is 0 Å². The first-order valence-corrected chi connectivity index (χ1v) is 9.38. The van der Waals surface area contributed by atoms with Crippen LogP contribution in [0.2, 0.25) is 0 Å². The van der Waals surface area contributed by atoms with Crippen molar-refractivity contribution in [3.05, 3.63) is 54.6 Å². The zero-order valence-electron chi connectivity index (χ0n) is 14.0. The van der Waals surface area contributed by atoms with E-state index in [4.69, 9.17) is 0 Å². The second-order valence-corrected chi connectivity index (χ2v) is 8.78. The molecule has 3 rings (SSSR count). The van der Waals surface area contributed by atoms with E-state index < -0.39 is 10.8 Å². The van der Waals surface area contributed by atoms with Crippen LogP contribution in [0.15, 0.2) is 54.6 Å². The Bertz CT molecular complexity index is 759. The minimum atomic E-state index is -0.890. The highest BCUT2D eigenvalue weighted by molar-refractivity contribution is 7.86. The molecule has 0 radical (unpaired) electrons. The topological polar surface area (TPSA) is 49.4 Å². The average molecular weight is 342 g/mol. The van der Waals surface area contributed by atoms with Gasteiger partial charge in [0.05, 0.1) is 10.4 Å². The zero-order chi connectivity index (χ0) is 17.2. The van der Waals surface area contributed by atoms with Crippen molar-refractivity contribution in [2.24, 2.45) is 0 Å². The second kappa shape index (κ2) is 6.77. The van der Waals surface area contributed by atoms with Gasteiger partial charge >= 0.3 is 6.03 Å². The van der Waals surface area contributed by atoms with E-state index in [0.717, 1.165) is 16.8 Å². The van der Waals surface area contributed by atoms with Crippen LogP contribution >= 0.6 is 0 Å². The molecule has 2 aromatic rings. The molecule has 1 heterocycles. The lowest BCUT2D eigenvalue weighted by Gasteiger charge is -2.37. The number of hydrogen-bond donors (Lipinski definition) is 1. The van der Waals surface area contributed by atoms with Crippen LogP contribution in [0.25, 0.3) is 11.1 Å². The van der Waals surface area contributed by atoms with Gasteiger partial charge in [-0.25, -0.2) is 4.79 Å². The summed E-state index contributed by atoms with van der Waals surface area (Å²) in [7, 11) is -0.890. The normalized spacial score (nSPS) is 19.8. The Hall–Kier alpha value is -2.14. The Kier molecular flexibility index (Phi) is 4.71. The van der Waals surface area contributed by atoms with E-state index in [1.54, 1.807) is 4.90 Å². The fourth-order valence-corrected chi connectivity index (χ4v) is 4.15. The number of para-hydroxylation sites is 1. The molecule has 5 heteroatoms. The molecule has 1 atom stereocenters. The summed E-state index contributed by atoms with van der Waals surface area (Å²) < 4.78 is 11.7. The van der Waals surface area contributed by atoms with Crippen LogP contribution < -0.4 is 5.32 Å². The molecule has 1 saturated heterocycles. The van der Waals surface area contributed by atoms with Crippen LogP contribution in [0.1, 0.15) is 13.8 Å². The molecule has 0 spiro atoms. The second-order valence-electron chi connectivity index (χ2n) is 6.57. The molecule has 0 aliphatic carbocycles. The van der Waals surface area contributed by atoms with E-state index in [0.29, 0.717) is 18.8 Å². The van der Waals surface area contributed by atoms with E-state index in [9.17, 15) is 9.00 Å². The van der Waals surface area contributed by atoms with Gasteiger partial charge in [-0.1, -0.05) is 48.5 Å². The van der Waals surface area contributed by atoms with Crippen molar-refractivity contribution in [1.29, 1.82) is 0 Å². The van der Waals surface area contributed by atoms with Crippen molar-refractivity contribution < 1.29 is 9.00 Å². The van der Waals surface area contributed by atoms with Crippen molar-refractivity contribution in [1.82, 2.24) is 4.90 Å². The van der Waals surface area contributed by atoms with Crippen LogP contribution in [0.4, 0.5) is 10.5 Å². The number of urea groups is 1. The first-order chi connectivity index (χ1) is 11.5. The zero-order valence-corrected chi connectivity index (χ0v) is 14.8. The fourth-order valence-electron chi connectivity index (χ4n) is 2.91. The third-order valence-electron chi connectivity index (χ3n) is 4.28. The number of carbonyl (C=O) groups is 1. The quantitative estimate of drug-likeness (QED) is 0.904. The van der Waals surface area contributed by atoms with Crippen LogP contribution in [0, 0.1) is 0 Å². The standard InChI is InChI=1S/C19H22N2O2S/c1-19(2)14-21(12-13-24(19)23)18(22)20-17-11-7-6-10-16(17)15-8-4-3-5-9-15/h3-11H,12-14H2,1-2H3,(H,20,22)/t24-/m1/s1. The van der Waals surface area contributed by atoms with Gasteiger partial charge in [-0.2, -0.15) is 0 Å². The molecule has 24 heavy (non-hydrogen) atoms. The van der Waals surface area contributed by atoms with Gasteiger partial charge in [0.1, 0.15) is 0 Å². The third-order valence-corrected chi connectivity index (χ3v) is 6.19. The van der Waals surface area contributed by atoms with Crippen LogP contribution in [0.3, 0.4) is 0 Å².